The summed E-state index contributed by atoms with van der Waals surface area (Å²) >= 11 is 5.86. The first kappa shape index (κ1) is 10.8. The Morgan fingerprint density at radius 2 is 2.21 bits per heavy atom. The number of benzene rings is 1. The SMILES string of the molecule is Cc1cc(Cl)c(C)c(O)c1CN=C=O. The third kappa shape index (κ3) is 1.95. The molecule has 14 heavy (non-hydrogen) atoms. The van der Waals surface area contributed by atoms with Crippen molar-refractivity contribution in [1.29, 1.82) is 0 Å². The van der Waals surface area contributed by atoms with E-state index in [1.165, 1.54) is 6.08 Å². The maximum Gasteiger partial charge on any atom is 0.235 e. The van der Waals surface area contributed by atoms with Crippen molar-refractivity contribution in [3.05, 3.63) is 27.8 Å². The van der Waals surface area contributed by atoms with E-state index in [9.17, 15) is 9.90 Å². The lowest BCUT2D eigenvalue weighted by molar-refractivity contribution is 0.463. The topological polar surface area (TPSA) is 49.7 Å². The summed E-state index contributed by atoms with van der Waals surface area (Å²) in [6, 6.07) is 1.74. The second kappa shape index (κ2) is 4.27. The molecule has 1 aromatic carbocycles. The predicted octanol–water partition coefficient (Wildman–Crippen LogP) is 2.50. The highest BCUT2D eigenvalue weighted by Gasteiger charge is 2.10. The van der Waals surface area contributed by atoms with Crippen LogP contribution in [0.3, 0.4) is 0 Å². The molecule has 0 heterocycles. The first-order chi connectivity index (χ1) is 6.57. The molecule has 1 aromatic rings. The Morgan fingerprint density at radius 1 is 1.57 bits per heavy atom. The van der Waals surface area contributed by atoms with Gasteiger partial charge in [0.1, 0.15) is 5.75 Å². The zero-order chi connectivity index (χ0) is 10.7. The first-order valence-electron chi connectivity index (χ1n) is 4.09. The number of carbonyl (C=O) groups excluding carboxylic acids is 1. The fraction of sp³-hybridized carbons (Fsp3) is 0.300. The molecule has 0 amide bonds. The number of aliphatic imine (C=N–C) groups is 1. The molecule has 0 aromatic heterocycles. The van der Waals surface area contributed by atoms with Gasteiger partial charge in [-0.15, -0.1) is 0 Å². The lowest BCUT2D eigenvalue weighted by Gasteiger charge is -2.09. The molecule has 0 saturated carbocycles. The number of rotatable bonds is 2. The molecule has 0 saturated heterocycles. The molecule has 74 valence electrons. The van der Waals surface area contributed by atoms with Crippen molar-refractivity contribution in [2.75, 3.05) is 0 Å². The minimum Gasteiger partial charge on any atom is -0.507 e. The van der Waals surface area contributed by atoms with E-state index in [-0.39, 0.29) is 12.3 Å². The second-order valence-electron chi connectivity index (χ2n) is 3.03. The van der Waals surface area contributed by atoms with Crippen LogP contribution in [0, 0.1) is 13.8 Å². The number of hydrogen-bond acceptors (Lipinski definition) is 3. The van der Waals surface area contributed by atoms with Crippen LogP contribution in [0.15, 0.2) is 11.1 Å². The molecule has 1 N–H and O–H groups in total. The van der Waals surface area contributed by atoms with Gasteiger partial charge < -0.3 is 5.11 Å². The predicted molar refractivity (Wildman–Crippen MR) is 54.4 cm³/mol. The van der Waals surface area contributed by atoms with E-state index >= 15 is 0 Å². The Kier molecular flexibility index (Phi) is 3.28. The molecular formula is C10H10ClNO2. The summed E-state index contributed by atoms with van der Waals surface area (Å²) in [7, 11) is 0. The average Bonchev–Trinajstić information content (AvgIpc) is 2.14. The van der Waals surface area contributed by atoms with Crippen LogP contribution < -0.4 is 0 Å². The van der Waals surface area contributed by atoms with E-state index in [0.29, 0.717) is 16.1 Å². The molecule has 0 atom stereocenters. The summed E-state index contributed by atoms with van der Waals surface area (Å²) < 4.78 is 0. The normalized spacial score (nSPS) is 9.64. The second-order valence-corrected chi connectivity index (χ2v) is 3.44. The van der Waals surface area contributed by atoms with Gasteiger partial charge in [0.15, 0.2) is 0 Å². The number of halogens is 1. The molecule has 0 aliphatic rings. The van der Waals surface area contributed by atoms with Gasteiger partial charge in [-0.25, -0.2) is 9.79 Å². The number of phenolic OH excluding ortho intramolecular Hbond substituents is 1. The summed E-state index contributed by atoms with van der Waals surface area (Å²) in [5.74, 6) is 0.106. The summed E-state index contributed by atoms with van der Waals surface area (Å²) in [5, 5.41) is 10.2. The molecule has 0 fully saturated rings. The van der Waals surface area contributed by atoms with Crippen LogP contribution in [0.25, 0.3) is 0 Å². The largest absolute Gasteiger partial charge is 0.507 e. The Morgan fingerprint density at radius 3 is 2.79 bits per heavy atom. The quantitative estimate of drug-likeness (QED) is 0.604. The minimum absolute atomic E-state index is 0.106. The van der Waals surface area contributed by atoms with Crippen LogP contribution in [0.4, 0.5) is 0 Å². The Labute approximate surface area is 87.0 Å². The van der Waals surface area contributed by atoms with Crippen molar-refractivity contribution in [2.45, 2.75) is 20.4 Å². The molecule has 0 aliphatic carbocycles. The third-order valence-corrected chi connectivity index (χ3v) is 2.51. The smallest absolute Gasteiger partial charge is 0.235 e. The van der Waals surface area contributed by atoms with E-state index in [4.69, 9.17) is 11.6 Å². The monoisotopic (exact) mass is 211 g/mol. The van der Waals surface area contributed by atoms with Crippen LogP contribution in [0.1, 0.15) is 16.7 Å². The zero-order valence-electron chi connectivity index (χ0n) is 7.97. The number of phenols is 1. The Balaban J connectivity index is 3.28. The van der Waals surface area contributed by atoms with Crippen molar-refractivity contribution in [1.82, 2.24) is 0 Å². The third-order valence-electron chi connectivity index (χ3n) is 2.12. The number of aromatic hydroxyl groups is 1. The average molecular weight is 212 g/mol. The fourth-order valence-corrected chi connectivity index (χ4v) is 1.48. The van der Waals surface area contributed by atoms with E-state index in [2.05, 4.69) is 4.99 Å². The highest BCUT2D eigenvalue weighted by molar-refractivity contribution is 6.31. The standard InChI is InChI=1S/C10H10ClNO2/c1-6-3-9(11)7(2)10(14)8(6)4-12-5-13/h3,14H,4H2,1-2H3. The highest BCUT2D eigenvalue weighted by atomic mass is 35.5. The van der Waals surface area contributed by atoms with Gasteiger partial charge in [-0.1, -0.05) is 11.6 Å². The maximum absolute atomic E-state index is 9.95. The number of aryl methyl sites for hydroxylation is 1. The van der Waals surface area contributed by atoms with Crippen LogP contribution in [-0.4, -0.2) is 11.2 Å². The van der Waals surface area contributed by atoms with Crippen molar-refractivity contribution < 1.29 is 9.90 Å². The van der Waals surface area contributed by atoms with Crippen molar-refractivity contribution >= 4 is 17.7 Å². The zero-order valence-corrected chi connectivity index (χ0v) is 8.72. The van der Waals surface area contributed by atoms with Crippen LogP contribution in [-0.2, 0) is 11.3 Å². The van der Waals surface area contributed by atoms with E-state index in [1.54, 1.807) is 19.9 Å². The molecule has 0 spiro atoms. The molecule has 0 unspecified atom stereocenters. The minimum atomic E-state index is 0.106. The van der Waals surface area contributed by atoms with Gasteiger partial charge in [0, 0.05) is 16.1 Å². The Hall–Kier alpha value is -1.31. The van der Waals surface area contributed by atoms with Gasteiger partial charge in [-0.2, -0.15) is 0 Å². The van der Waals surface area contributed by atoms with Crippen molar-refractivity contribution in [3.63, 3.8) is 0 Å². The number of nitrogens with zero attached hydrogens (tertiary/aromatic N) is 1. The summed E-state index contributed by atoms with van der Waals surface area (Å²) in [5.41, 5.74) is 2.04. The van der Waals surface area contributed by atoms with E-state index < -0.39 is 0 Å². The molecule has 0 aliphatic heterocycles. The lowest BCUT2D eigenvalue weighted by Crippen LogP contribution is -1.91. The Bertz CT molecular complexity index is 409. The molecular weight excluding hydrogens is 202 g/mol. The van der Waals surface area contributed by atoms with Gasteiger partial charge in [0.25, 0.3) is 0 Å². The summed E-state index contributed by atoms with van der Waals surface area (Å²) in [4.78, 5) is 13.4. The molecule has 3 nitrogen and oxygen atoms in total. The number of hydrogen-bond donors (Lipinski definition) is 1. The van der Waals surface area contributed by atoms with E-state index in [1.807, 2.05) is 0 Å². The van der Waals surface area contributed by atoms with Crippen molar-refractivity contribution in [2.24, 2.45) is 4.99 Å². The van der Waals surface area contributed by atoms with Gasteiger partial charge in [-0.05, 0) is 25.5 Å². The fourth-order valence-electron chi connectivity index (χ4n) is 1.22. The summed E-state index contributed by atoms with van der Waals surface area (Å²) in [6.45, 7) is 3.66. The molecule has 4 heteroatoms. The van der Waals surface area contributed by atoms with Gasteiger partial charge in [0.2, 0.25) is 6.08 Å². The molecule has 0 bridgehead atoms. The van der Waals surface area contributed by atoms with Crippen LogP contribution in [0.5, 0.6) is 5.75 Å². The van der Waals surface area contributed by atoms with E-state index in [0.717, 1.165) is 5.56 Å². The first-order valence-corrected chi connectivity index (χ1v) is 4.47. The van der Waals surface area contributed by atoms with Crippen molar-refractivity contribution in [3.8, 4) is 5.75 Å². The van der Waals surface area contributed by atoms with Gasteiger partial charge >= 0.3 is 0 Å². The van der Waals surface area contributed by atoms with Crippen LogP contribution >= 0.6 is 11.6 Å². The van der Waals surface area contributed by atoms with Gasteiger partial charge in [-0.3, -0.25) is 0 Å². The molecule has 0 radical (unpaired) electrons. The maximum atomic E-state index is 9.95. The van der Waals surface area contributed by atoms with Gasteiger partial charge in [0.05, 0.1) is 6.54 Å². The number of isocyanates is 1. The highest BCUT2D eigenvalue weighted by Crippen LogP contribution is 2.31. The van der Waals surface area contributed by atoms with Crippen LogP contribution in [0.2, 0.25) is 5.02 Å². The molecule has 1 rings (SSSR count). The summed E-state index contributed by atoms with van der Waals surface area (Å²) in [6.07, 6.45) is 1.44. The lowest BCUT2D eigenvalue weighted by atomic mass is 10.0.